The van der Waals surface area contributed by atoms with Crippen LogP contribution in [0.15, 0.2) is 63.6 Å². The van der Waals surface area contributed by atoms with Gasteiger partial charge in [-0.25, -0.2) is 0 Å². The summed E-state index contributed by atoms with van der Waals surface area (Å²) >= 11 is 7.22. The Kier molecular flexibility index (Phi) is 3.43. The number of benzene rings is 2. The highest BCUT2D eigenvalue weighted by Crippen LogP contribution is 2.51. The summed E-state index contributed by atoms with van der Waals surface area (Å²) in [5, 5.41) is 3.77. The average molecular weight is 405 g/mol. The Morgan fingerprint density at radius 3 is 2.62 bits per heavy atom. The van der Waals surface area contributed by atoms with Crippen LogP contribution in [0.5, 0.6) is 0 Å². The molecule has 0 spiro atoms. The third kappa shape index (κ3) is 2.27. The summed E-state index contributed by atoms with van der Waals surface area (Å²) in [7, 11) is 0. The molecule has 0 fully saturated rings. The van der Waals surface area contributed by atoms with E-state index in [1.165, 1.54) is 16.8 Å². The van der Waals surface area contributed by atoms with Crippen molar-refractivity contribution < 1.29 is 0 Å². The van der Waals surface area contributed by atoms with E-state index < -0.39 is 0 Å². The molecule has 0 unspecified atom stereocenters. The minimum atomic E-state index is 0.365. The van der Waals surface area contributed by atoms with Crippen molar-refractivity contribution in [3.05, 3.63) is 74.7 Å². The fourth-order valence-electron chi connectivity index (χ4n) is 3.58. The third-order valence-corrected chi connectivity index (χ3v) is 5.76. The molecule has 0 saturated heterocycles. The van der Waals surface area contributed by atoms with E-state index in [1.54, 1.807) is 0 Å². The molecule has 1 aliphatic heterocycles. The molecule has 4 rings (SSSR count). The highest BCUT2D eigenvalue weighted by atomic mass is 79.9. The number of anilines is 1. The SMILES string of the molecule is Brc1ccc([C@@H]2Nc3c(Br)cccc3[C@H]3C=CC[C@H]32)cc1. The van der Waals surface area contributed by atoms with Gasteiger partial charge in [-0.05, 0) is 57.6 Å². The zero-order chi connectivity index (χ0) is 14.4. The van der Waals surface area contributed by atoms with E-state index in [0.29, 0.717) is 17.9 Å². The average Bonchev–Trinajstić information content (AvgIpc) is 2.98. The number of hydrogen-bond acceptors (Lipinski definition) is 1. The summed E-state index contributed by atoms with van der Waals surface area (Å²) in [5.41, 5.74) is 4.02. The summed E-state index contributed by atoms with van der Waals surface area (Å²) in [6.07, 6.45) is 5.85. The van der Waals surface area contributed by atoms with E-state index in [0.717, 1.165) is 15.4 Å². The van der Waals surface area contributed by atoms with Crippen LogP contribution >= 0.6 is 31.9 Å². The van der Waals surface area contributed by atoms with Crippen LogP contribution in [0.2, 0.25) is 0 Å². The standard InChI is InChI=1S/C18H15Br2N/c19-12-9-7-11(8-10-12)17-14-4-1-3-13(14)15-5-2-6-16(20)18(15)21-17/h1-3,5-10,13-14,17,21H,4H2/t13-,14+,17-/m0/s1. The van der Waals surface area contributed by atoms with Gasteiger partial charge in [0.05, 0.1) is 11.7 Å². The van der Waals surface area contributed by atoms with Gasteiger partial charge >= 0.3 is 0 Å². The number of para-hydroxylation sites is 1. The van der Waals surface area contributed by atoms with Crippen molar-refractivity contribution in [3.63, 3.8) is 0 Å². The number of fused-ring (bicyclic) bond motifs is 3. The minimum Gasteiger partial charge on any atom is -0.377 e. The van der Waals surface area contributed by atoms with Crippen molar-refractivity contribution in [2.75, 3.05) is 5.32 Å². The van der Waals surface area contributed by atoms with Gasteiger partial charge in [0, 0.05) is 14.9 Å². The van der Waals surface area contributed by atoms with Crippen LogP contribution in [-0.4, -0.2) is 0 Å². The van der Waals surface area contributed by atoms with Gasteiger partial charge in [0.2, 0.25) is 0 Å². The van der Waals surface area contributed by atoms with Gasteiger partial charge in [-0.1, -0.05) is 52.3 Å². The maximum Gasteiger partial charge on any atom is 0.0554 e. The Labute approximate surface area is 141 Å². The molecule has 0 amide bonds. The third-order valence-electron chi connectivity index (χ3n) is 4.58. The number of nitrogens with one attached hydrogen (secondary N) is 1. The van der Waals surface area contributed by atoms with E-state index in [4.69, 9.17) is 0 Å². The van der Waals surface area contributed by atoms with Crippen molar-refractivity contribution in [2.24, 2.45) is 5.92 Å². The fourth-order valence-corrected chi connectivity index (χ4v) is 4.34. The van der Waals surface area contributed by atoms with E-state index in [1.807, 2.05) is 0 Å². The molecule has 1 aliphatic carbocycles. The molecule has 21 heavy (non-hydrogen) atoms. The predicted octanol–water partition coefficient (Wildman–Crippen LogP) is 6.04. The quantitative estimate of drug-likeness (QED) is 0.571. The Morgan fingerprint density at radius 1 is 1.00 bits per heavy atom. The van der Waals surface area contributed by atoms with Crippen LogP contribution in [-0.2, 0) is 0 Å². The van der Waals surface area contributed by atoms with Gasteiger partial charge in [0.1, 0.15) is 0 Å². The predicted molar refractivity (Wildman–Crippen MR) is 94.6 cm³/mol. The monoisotopic (exact) mass is 403 g/mol. The number of hydrogen-bond donors (Lipinski definition) is 1. The maximum absolute atomic E-state index is 3.77. The first-order chi connectivity index (χ1) is 10.2. The van der Waals surface area contributed by atoms with Crippen LogP contribution in [0.4, 0.5) is 5.69 Å². The molecular weight excluding hydrogens is 390 g/mol. The molecule has 0 aromatic heterocycles. The lowest BCUT2D eigenvalue weighted by Gasteiger charge is -2.38. The summed E-state index contributed by atoms with van der Waals surface area (Å²) in [6.45, 7) is 0. The van der Waals surface area contributed by atoms with Gasteiger partial charge in [-0.15, -0.1) is 0 Å². The molecule has 1 N–H and O–H groups in total. The lowest BCUT2D eigenvalue weighted by atomic mass is 9.77. The molecule has 0 bridgehead atoms. The Balaban J connectivity index is 1.81. The molecule has 106 valence electrons. The normalized spacial score (nSPS) is 26.1. The number of halogens is 2. The summed E-state index contributed by atoms with van der Waals surface area (Å²) in [4.78, 5) is 0. The molecule has 1 nitrogen and oxygen atoms in total. The van der Waals surface area contributed by atoms with Crippen molar-refractivity contribution in [2.45, 2.75) is 18.4 Å². The van der Waals surface area contributed by atoms with E-state index >= 15 is 0 Å². The second-order valence-corrected chi connectivity index (χ2v) is 7.50. The van der Waals surface area contributed by atoms with Crippen LogP contribution < -0.4 is 5.32 Å². The van der Waals surface area contributed by atoms with Crippen molar-refractivity contribution in [1.82, 2.24) is 0 Å². The van der Waals surface area contributed by atoms with Gasteiger partial charge in [0.25, 0.3) is 0 Å². The van der Waals surface area contributed by atoms with Crippen molar-refractivity contribution in [1.29, 1.82) is 0 Å². The molecule has 1 heterocycles. The lowest BCUT2D eigenvalue weighted by Crippen LogP contribution is -2.29. The van der Waals surface area contributed by atoms with Gasteiger partial charge in [-0.2, -0.15) is 0 Å². The zero-order valence-electron chi connectivity index (χ0n) is 11.4. The Hall–Kier alpha value is -1.06. The summed E-state index contributed by atoms with van der Waals surface area (Å²) in [6, 6.07) is 15.6. The first-order valence-electron chi connectivity index (χ1n) is 7.21. The van der Waals surface area contributed by atoms with Crippen LogP contribution in [0.3, 0.4) is 0 Å². The van der Waals surface area contributed by atoms with Gasteiger partial charge in [-0.3, -0.25) is 0 Å². The van der Waals surface area contributed by atoms with Gasteiger partial charge in [0.15, 0.2) is 0 Å². The van der Waals surface area contributed by atoms with Crippen molar-refractivity contribution in [3.8, 4) is 0 Å². The van der Waals surface area contributed by atoms with Crippen LogP contribution in [0.1, 0.15) is 29.5 Å². The zero-order valence-corrected chi connectivity index (χ0v) is 14.6. The fraction of sp³-hybridized carbons (Fsp3) is 0.222. The Bertz CT molecular complexity index is 706. The van der Waals surface area contributed by atoms with Gasteiger partial charge < -0.3 is 5.32 Å². The molecule has 0 radical (unpaired) electrons. The highest BCUT2D eigenvalue weighted by Gasteiger charge is 2.38. The highest BCUT2D eigenvalue weighted by molar-refractivity contribution is 9.10. The second-order valence-electron chi connectivity index (χ2n) is 5.73. The molecule has 3 atom stereocenters. The Morgan fingerprint density at radius 2 is 1.81 bits per heavy atom. The second kappa shape index (κ2) is 5.29. The minimum absolute atomic E-state index is 0.365. The number of rotatable bonds is 1. The summed E-state index contributed by atoms with van der Waals surface area (Å²) in [5.74, 6) is 1.13. The van der Waals surface area contributed by atoms with Crippen LogP contribution in [0, 0.1) is 5.92 Å². The van der Waals surface area contributed by atoms with Crippen LogP contribution in [0.25, 0.3) is 0 Å². The number of allylic oxidation sites excluding steroid dienone is 2. The van der Waals surface area contributed by atoms with E-state index in [2.05, 4.69) is 91.8 Å². The topological polar surface area (TPSA) is 12.0 Å². The molecule has 3 heteroatoms. The maximum atomic E-state index is 3.77. The lowest BCUT2D eigenvalue weighted by molar-refractivity contribution is 0.425. The van der Waals surface area contributed by atoms with E-state index in [-0.39, 0.29) is 0 Å². The smallest absolute Gasteiger partial charge is 0.0554 e. The summed E-state index contributed by atoms with van der Waals surface area (Å²) < 4.78 is 2.28. The molecule has 2 aromatic carbocycles. The first kappa shape index (κ1) is 13.6. The first-order valence-corrected chi connectivity index (χ1v) is 8.80. The molecule has 2 aromatic rings. The van der Waals surface area contributed by atoms with Crippen molar-refractivity contribution >= 4 is 37.5 Å². The van der Waals surface area contributed by atoms with E-state index in [9.17, 15) is 0 Å². The molecule has 0 saturated carbocycles. The largest absolute Gasteiger partial charge is 0.377 e. The molecule has 2 aliphatic rings. The molecular formula is C18H15Br2N.